The van der Waals surface area contributed by atoms with Crippen molar-refractivity contribution in [2.75, 3.05) is 12.0 Å². The Bertz CT molecular complexity index is 1070. The Morgan fingerprint density at radius 3 is 1.96 bits per heavy atom. The van der Waals surface area contributed by atoms with Gasteiger partial charge in [0.15, 0.2) is 0 Å². The lowest BCUT2D eigenvalue weighted by atomic mass is 10.1. The highest BCUT2D eigenvalue weighted by Gasteiger charge is 2.37. The SMILES string of the molecule is O=C1c2ccc([N+](=O)[O-])cc2C(=O)N1CNc1ccc([N+](=O)[O-])cc1[N+](=O)[O-]. The van der Waals surface area contributed by atoms with Crippen LogP contribution in [0, 0.1) is 30.3 Å². The van der Waals surface area contributed by atoms with E-state index in [0.29, 0.717) is 0 Å². The molecule has 13 nitrogen and oxygen atoms in total. The second-order valence-corrected chi connectivity index (χ2v) is 5.58. The number of nitrogens with one attached hydrogen (secondary N) is 1. The van der Waals surface area contributed by atoms with Gasteiger partial charge in [0.25, 0.3) is 28.9 Å². The molecule has 0 saturated carbocycles. The first-order chi connectivity index (χ1) is 13.2. The Morgan fingerprint density at radius 1 is 0.786 bits per heavy atom. The molecule has 1 aliphatic rings. The van der Waals surface area contributed by atoms with Crippen molar-refractivity contribution in [3.8, 4) is 0 Å². The predicted molar refractivity (Wildman–Crippen MR) is 91.8 cm³/mol. The zero-order chi connectivity index (χ0) is 20.6. The van der Waals surface area contributed by atoms with Gasteiger partial charge in [-0.25, -0.2) is 0 Å². The number of nitro benzene ring substituents is 3. The van der Waals surface area contributed by atoms with Crippen molar-refractivity contribution >= 4 is 34.6 Å². The molecule has 0 aliphatic carbocycles. The highest BCUT2D eigenvalue weighted by Crippen LogP contribution is 2.30. The minimum absolute atomic E-state index is 0.0319. The van der Waals surface area contributed by atoms with E-state index in [-0.39, 0.29) is 22.5 Å². The van der Waals surface area contributed by atoms with E-state index in [4.69, 9.17) is 0 Å². The Kier molecular flexibility index (Phi) is 4.40. The van der Waals surface area contributed by atoms with Crippen molar-refractivity contribution in [2.24, 2.45) is 0 Å². The molecule has 28 heavy (non-hydrogen) atoms. The second-order valence-electron chi connectivity index (χ2n) is 5.58. The maximum Gasteiger partial charge on any atom is 0.299 e. The summed E-state index contributed by atoms with van der Waals surface area (Å²) in [5, 5.41) is 35.2. The summed E-state index contributed by atoms with van der Waals surface area (Å²) in [6.07, 6.45) is 0. The molecule has 2 amide bonds. The summed E-state index contributed by atoms with van der Waals surface area (Å²) in [5.74, 6) is -1.53. The predicted octanol–water partition coefficient (Wildman–Crippen LogP) is 2.08. The van der Waals surface area contributed by atoms with Gasteiger partial charge in [0, 0.05) is 18.2 Å². The van der Waals surface area contributed by atoms with Crippen LogP contribution < -0.4 is 5.32 Å². The molecule has 142 valence electrons. The lowest BCUT2D eigenvalue weighted by Gasteiger charge is -2.15. The largest absolute Gasteiger partial charge is 0.362 e. The van der Waals surface area contributed by atoms with Crippen LogP contribution >= 0.6 is 0 Å². The molecule has 1 N–H and O–H groups in total. The van der Waals surface area contributed by atoms with Gasteiger partial charge < -0.3 is 5.32 Å². The summed E-state index contributed by atoms with van der Waals surface area (Å²) in [5.41, 5.74) is -1.79. The molecule has 1 aliphatic heterocycles. The van der Waals surface area contributed by atoms with Crippen LogP contribution in [0.1, 0.15) is 20.7 Å². The summed E-state index contributed by atoms with van der Waals surface area (Å²) in [6.45, 7) is -0.473. The minimum atomic E-state index is -0.846. The number of carbonyl (C=O) groups is 2. The molecule has 0 aromatic heterocycles. The van der Waals surface area contributed by atoms with Crippen molar-refractivity contribution in [3.05, 3.63) is 77.9 Å². The van der Waals surface area contributed by atoms with Crippen LogP contribution in [0.2, 0.25) is 0 Å². The zero-order valence-corrected chi connectivity index (χ0v) is 13.7. The first-order valence-electron chi connectivity index (χ1n) is 7.52. The molecule has 0 atom stereocenters. The van der Waals surface area contributed by atoms with Crippen LogP contribution in [-0.2, 0) is 0 Å². The molecule has 3 rings (SSSR count). The molecule has 0 fully saturated rings. The summed E-state index contributed by atoms with van der Waals surface area (Å²) < 4.78 is 0. The molecule has 0 saturated heterocycles. The monoisotopic (exact) mass is 387 g/mol. The first-order valence-corrected chi connectivity index (χ1v) is 7.52. The van der Waals surface area contributed by atoms with Gasteiger partial charge in [-0.3, -0.25) is 44.8 Å². The highest BCUT2D eigenvalue weighted by molar-refractivity contribution is 6.21. The number of carbonyl (C=O) groups excluding carboxylic acids is 2. The van der Waals surface area contributed by atoms with Crippen molar-refractivity contribution in [1.82, 2.24) is 4.90 Å². The van der Waals surface area contributed by atoms with Crippen LogP contribution in [0.5, 0.6) is 0 Å². The normalized spacial score (nSPS) is 12.6. The number of fused-ring (bicyclic) bond motifs is 1. The van der Waals surface area contributed by atoms with Crippen LogP contribution in [0.4, 0.5) is 22.7 Å². The van der Waals surface area contributed by atoms with Gasteiger partial charge in [0.1, 0.15) is 5.69 Å². The third-order valence-electron chi connectivity index (χ3n) is 3.98. The van der Waals surface area contributed by atoms with E-state index in [1.165, 1.54) is 0 Å². The van der Waals surface area contributed by atoms with Gasteiger partial charge in [-0.05, 0) is 12.1 Å². The Morgan fingerprint density at radius 2 is 1.36 bits per heavy atom. The maximum absolute atomic E-state index is 12.4. The van der Waals surface area contributed by atoms with Gasteiger partial charge in [-0.15, -0.1) is 0 Å². The molecule has 0 spiro atoms. The van der Waals surface area contributed by atoms with E-state index in [1.807, 2.05) is 0 Å². The Labute approximate surface area is 154 Å². The Hall–Kier alpha value is -4.42. The number of nitro groups is 3. The fraction of sp³-hybridized carbons (Fsp3) is 0.0667. The van der Waals surface area contributed by atoms with Crippen molar-refractivity contribution in [2.45, 2.75) is 0 Å². The summed E-state index contributed by atoms with van der Waals surface area (Å²) in [4.78, 5) is 55.8. The van der Waals surface area contributed by atoms with Gasteiger partial charge in [0.2, 0.25) is 0 Å². The van der Waals surface area contributed by atoms with Gasteiger partial charge in [-0.1, -0.05) is 0 Å². The molecule has 1 heterocycles. The third-order valence-corrected chi connectivity index (χ3v) is 3.98. The number of rotatable bonds is 6. The number of hydrogen-bond donors (Lipinski definition) is 1. The van der Waals surface area contributed by atoms with Crippen molar-refractivity contribution in [3.63, 3.8) is 0 Å². The number of hydrogen-bond acceptors (Lipinski definition) is 9. The molecule has 2 aromatic carbocycles. The first kappa shape index (κ1) is 18.4. The average Bonchev–Trinajstić information content (AvgIpc) is 2.89. The van der Waals surface area contributed by atoms with Crippen molar-refractivity contribution in [1.29, 1.82) is 0 Å². The van der Waals surface area contributed by atoms with Crippen LogP contribution in [0.3, 0.4) is 0 Å². The van der Waals surface area contributed by atoms with E-state index >= 15 is 0 Å². The van der Waals surface area contributed by atoms with Gasteiger partial charge >= 0.3 is 0 Å². The van der Waals surface area contributed by atoms with Crippen molar-refractivity contribution < 1.29 is 24.4 Å². The summed E-state index contributed by atoms with van der Waals surface area (Å²) >= 11 is 0. The summed E-state index contributed by atoms with van der Waals surface area (Å²) in [6, 6.07) is 6.07. The smallest absolute Gasteiger partial charge is 0.299 e. The highest BCUT2D eigenvalue weighted by atomic mass is 16.6. The molecule has 0 unspecified atom stereocenters. The molecule has 13 heteroatoms. The quantitative estimate of drug-likeness (QED) is 0.441. The number of anilines is 1. The third kappa shape index (κ3) is 3.07. The molecular formula is C15H9N5O8. The number of non-ortho nitro benzene ring substituents is 2. The average molecular weight is 387 g/mol. The molecule has 0 bridgehead atoms. The lowest BCUT2D eigenvalue weighted by Crippen LogP contribution is -2.34. The lowest BCUT2D eigenvalue weighted by molar-refractivity contribution is -0.393. The topological polar surface area (TPSA) is 179 Å². The van der Waals surface area contributed by atoms with Crippen LogP contribution in [0.15, 0.2) is 36.4 Å². The fourth-order valence-electron chi connectivity index (χ4n) is 2.63. The number of imide groups is 1. The molecule has 2 aromatic rings. The van der Waals surface area contributed by atoms with E-state index < -0.39 is 44.6 Å². The van der Waals surface area contributed by atoms with Crippen LogP contribution in [0.25, 0.3) is 0 Å². The molecular weight excluding hydrogens is 378 g/mol. The van der Waals surface area contributed by atoms with Gasteiger partial charge in [-0.2, -0.15) is 0 Å². The summed E-state index contributed by atoms with van der Waals surface area (Å²) in [7, 11) is 0. The fourth-order valence-corrected chi connectivity index (χ4v) is 2.63. The van der Waals surface area contributed by atoms with E-state index in [2.05, 4.69) is 5.32 Å². The zero-order valence-electron chi connectivity index (χ0n) is 13.7. The number of nitrogens with zero attached hydrogens (tertiary/aromatic N) is 4. The second kappa shape index (κ2) is 6.71. The maximum atomic E-state index is 12.4. The Balaban J connectivity index is 1.85. The van der Waals surface area contributed by atoms with Gasteiger partial charge in [0.05, 0.1) is 38.6 Å². The minimum Gasteiger partial charge on any atom is -0.362 e. The molecule has 0 radical (unpaired) electrons. The number of benzene rings is 2. The van der Waals surface area contributed by atoms with E-state index in [9.17, 15) is 39.9 Å². The number of amides is 2. The van der Waals surface area contributed by atoms with Crippen LogP contribution in [-0.4, -0.2) is 38.2 Å². The van der Waals surface area contributed by atoms with E-state index in [0.717, 1.165) is 41.3 Å². The van der Waals surface area contributed by atoms with E-state index in [1.54, 1.807) is 0 Å². The standard InChI is InChI=1S/C15H9N5O8/c21-14-10-3-1-8(18(23)24)5-11(10)15(22)17(14)7-16-12-4-2-9(19(25)26)6-13(12)20(27)28/h1-6,16H,7H2.